The van der Waals surface area contributed by atoms with Gasteiger partial charge in [0.1, 0.15) is 5.76 Å². The molecular formula is C21H22O7. The number of phenols is 2. The molecule has 0 spiro atoms. The van der Waals surface area contributed by atoms with E-state index in [2.05, 4.69) is 0 Å². The Morgan fingerprint density at radius 2 is 1.11 bits per heavy atom. The van der Waals surface area contributed by atoms with Gasteiger partial charge < -0.3 is 33.6 Å². The summed E-state index contributed by atoms with van der Waals surface area (Å²) in [4.78, 5) is 0. The average molecular weight is 386 g/mol. The molecular weight excluding hydrogens is 364 g/mol. The minimum absolute atomic E-state index is 0.0900. The second kappa shape index (κ2) is 8.04. The fraction of sp³-hybridized carbons (Fsp3) is 0.238. The molecule has 7 nitrogen and oxygen atoms in total. The van der Waals surface area contributed by atoms with Gasteiger partial charge >= 0.3 is 0 Å². The standard InChI is InChI=1S/C21H22O7/c1-24-15-8-12(9-16(25-2)20(15)22)19(14-6-5-7-28-14)13-10-17(26-3)21(23)18(11-13)27-4/h5-11,19,22-23H,1-4H3. The summed E-state index contributed by atoms with van der Waals surface area (Å²) in [6.07, 6.45) is 1.58. The topological polar surface area (TPSA) is 90.5 Å². The maximum Gasteiger partial charge on any atom is 0.200 e. The lowest BCUT2D eigenvalue weighted by Gasteiger charge is -2.20. The van der Waals surface area contributed by atoms with Gasteiger partial charge in [0.15, 0.2) is 23.0 Å². The van der Waals surface area contributed by atoms with Crippen molar-refractivity contribution in [2.45, 2.75) is 5.92 Å². The van der Waals surface area contributed by atoms with Gasteiger partial charge in [-0.1, -0.05) is 0 Å². The lowest BCUT2D eigenvalue weighted by molar-refractivity contribution is 0.337. The molecule has 1 aromatic heterocycles. The smallest absolute Gasteiger partial charge is 0.200 e. The highest BCUT2D eigenvalue weighted by Crippen LogP contribution is 2.46. The molecule has 0 aliphatic carbocycles. The highest BCUT2D eigenvalue weighted by molar-refractivity contribution is 5.59. The minimum Gasteiger partial charge on any atom is -0.502 e. The lowest BCUT2D eigenvalue weighted by atomic mass is 9.88. The molecule has 0 saturated carbocycles. The molecule has 1 heterocycles. The van der Waals surface area contributed by atoms with Crippen molar-refractivity contribution in [3.05, 3.63) is 59.5 Å². The van der Waals surface area contributed by atoms with E-state index in [1.807, 2.05) is 6.07 Å². The van der Waals surface area contributed by atoms with Gasteiger partial charge in [-0.15, -0.1) is 0 Å². The molecule has 0 unspecified atom stereocenters. The van der Waals surface area contributed by atoms with Crippen molar-refractivity contribution in [1.82, 2.24) is 0 Å². The summed E-state index contributed by atoms with van der Waals surface area (Å²) in [5, 5.41) is 20.5. The fourth-order valence-corrected chi connectivity index (χ4v) is 3.14. The maximum absolute atomic E-state index is 10.3. The van der Waals surface area contributed by atoms with Crippen LogP contribution in [-0.2, 0) is 0 Å². The summed E-state index contributed by atoms with van der Waals surface area (Å²) in [5.41, 5.74) is 1.49. The lowest BCUT2D eigenvalue weighted by Crippen LogP contribution is -2.05. The van der Waals surface area contributed by atoms with Crippen LogP contribution in [0.2, 0.25) is 0 Å². The molecule has 0 fully saturated rings. The largest absolute Gasteiger partial charge is 0.502 e. The number of aromatic hydroxyl groups is 2. The minimum atomic E-state index is -0.401. The highest BCUT2D eigenvalue weighted by Gasteiger charge is 2.26. The molecule has 3 aromatic rings. The predicted octanol–water partition coefficient (Wildman–Crippen LogP) is 3.91. The maximum atomic E-state index is 10.3. The van der Waals surface area contributed by atoms with E-state index in [4.69, 9.17) is 23.4 Å². The van der Waals surface area contributed by atoms with Crippen LogP contribution in [0.4, 0.5) is 0 Å². The summed E-state index contributed by atoms with van der Waals surface area (Å²) < 4.78 is 26.8. The molecule has 3 rings (SSSR count). The molecule has 0 bridgehead atoms. The molecule has 0 saturated heterocycles. The molecule has 0 amide bonds. The second-order valence-electron chi connectivity index (χ2n) is 6.00. The SMILES string of the molecule is COc1cc(C(c2cc(OC)c(O)c(OC)c2)c2ccco2)cc(OC)c1O. The van der Waals surface area contributed by atoms with Crippen LogP contribution in [0.15, 0.2) is 47.1 Å². The Hall–Kier alpha value is -3.48. The molecule has 0 aliphatic heterocycles. The Morgan fingerprint density at radius 3 is 1.39 bits per heavy atom. The third kappa shape index (κ3) is 3.38. The van der Waals surface area contributed by atoms with Crippen LogP contribution in [0.5, 0.6) is 34.5 Å². The van der Waals surface area contributed by atoms with Crippen molar-refractivity contribution in [2.75, 3.05) is 28.4 Å². The van der Waals surface area contributed by atoms with Crippen molar-refractivity contribution in [3.8, 4) is 34.5 Å². The number of ether oxygens (including phenoxy) is 4. The number of hydrogen-bond donors (Lipinski definition) is 2. The Balaban J connectivity index is 2.26. The van der Waals surface area contributed by atoms with E-state index in [9.17, 15) is 10.2 Å². The zero-order valence-corrected chi connectivity index (χ0v) is 16.1. The van der Waals surface area contributed by atoms with E-state index < -0.39 is 5.92 Å². The Morgan fingerprint density at radius 1 is 0.714 bits per heavy atom. The first-order valence-electron chi connectivity index (χ1n) is 8.47. The molecule has 7 heteroatoms. The van der Waals surface area contributed by atoms with Crippen molar-refractivity contribution < 1.29 is 33.6 Å². The van der Waals surface area contributed by atoms with Crippen LogP contribution in [0.3, 0.4) is 0 Å². The van der Waals surface area contributed by atoms with Crippen LogP contribution in [0.1, 0.15) is 22.8 Å². The Kier molecular flexibility index (Phi) is 5.54. The van der Waals surface area contributed by atoms with Crippen molar-refractivity contribution >= 4 is 0 Å². The van der Waals surface area contributed by atoms with E-state index in [1.54, 1.807) is 36.6 Å². The van der Waals surface area contributed by atoms with Crippen LogP contribution < -0.4 is 18.9 Å². The molecule has 0 atom stereocenters. The normalized spacial score (nSPS) is 10.8. The van der Waals surface area contributed by atoms with E-state index in [1.165, 1.54) is 28.4 Å². The monoisotopic (exact) mass is 386 g/mol. The summed E-state index contributed by atoms with van der Waals surface area (Å²) >= 11 is 0. The van der Waals surface area contributed by atoms with Crippen LogP contribution in [-0.4, -0.2) is 38.7 Å². The van der Waals surface area contributed by atoms with Crippen LogP contribution >= 0.6 is 0 Å². The first-order valence-corrected chi connectivity index (χ1v) is 8.47. The Bertz CT molecular complexity index is 836. The van der Waals surface area contributed by atoms with Crippen LogP contribution in [0.25, 0.3) is 0 Å². The number of methoxy groups -OCH3 is 4. The zero-order valence-electron chi connectivity index (χ0n) is 16.1. The van der Waals surface area contributed by atoms with Gasteiger partial charge in [0.05, 0.1) is 40.6 Å². The zero-order chi connectivity index (χ0) is 20.3. The first kappa shape index (κ1) is 19.3. The van der Waals surface area contributed by atoms with Gasteiger partial charge in [-0.05, 0) is 47.5 Å². The third-order valence-electron chi connectivity index (χ3n) is 4.50. The van der Waals surface area contributed by atoms with E-state index >= 15 is 0 Å². The van der Waals surface area contributed by atoms with E-state index in [0.29, 0.717) is 5.76 Å². The first-order chi connectivity index (χ1) is 13.5. The third-order valence-corrected chi connectivity index (χ3v) is 4.50. The highest BCUT2D eigenvalue weighted by atomic mass is 16.5. The molecule has 0 radical (unpaired) electrons. The summed E-state index contributed by atoms with van der Waals surface area (Å²) in [6.45, 7) is 0. The van der Waals surface area contributed by atoms with Crippen molar-refractivity contribution in [3.63, 3.8) is 0 Å². The van der Waals surface area contributed by atoms with Gasteiger partial charge in [0.2, 0.25) is 11.5 Å². The fourth-order valence-electron chi connectivity index (χ4n) is 3.14. The average Bonchev–Trinajstić information content (AvgIpc) is 3.24. The van der Waals surface area contributed by atoms with Gasteiger partial charge in [0, 0.05) is 0 Å². The number of hydrogen-bond acceptors (Lipinski definition) is 7. The summed E-state index contributed by atoms with van der Waals surface area (Å²) in [7, 11) is 5.86. The number of phenolic OH excluding ortho intramolecular Hbond substituents is 2. The van der Waals surface area contributed by atoms with Gasteiger partial charge in [-0.25, -0.2) is 0 Å². The number of benzene rings is 2. The molecule has 28 heavy (non-hydrogen) atoms. The van der Waals surface area contributed by atoms with Gasteiger partial charge in [-0.2, -0.15) is 0 Å². The summed E-state index contributed by atoms with van der Waals surface area (Å²) in [6, 6.07) is 10.4. The number of furan rings is 1. The van der Waals surface area contributed by atoms with Crippen molar-refractivity contribution in [2.24, 2.45) is 0 Å². The second-order valence-corrected chi connectivity index (χ2v) is 6.00. The number of rotatable bonds is 7. The van der Waals surface area contributed by atoms with Crippen molar-refractivity contribution in [1.29, 1.82) is 0 Å². The summed E-state index contributed by atoms with van der Waals surface area (Å²) in [5.74, 6) is 1.13. The molecule has 2 N–H and O–H groups in total. The van der Waals surface area contributed by atoms with E-state index in [0.717, 1.165) is 11.1 Å². The van der Waals surface area contributed by atoms with Crippen LogP contribution in [0, 0.1) is 0 Å². The quantitative estimate of drug-likeness (QED) is 0.636. The Labute approximate surface area is 162 Å². The molecule has 148 valence electrons. The molecule has 2 aromatic carbocycles. The van der Waals surface area contributed by atoms with Gasteiger partial charge in [-0.3, -0.25) is 0 Å². The predicted molar refractivity (Wildman–Crippen MR) is 102 cm³/mol. The van der Waals surface area contributed by atoms with Gasteiger partial charge in [0.25, 0.3) is 0 Å². The van der Waals surface area contributed by atoms with E-state index in [-0.39, 0.29) is 34.5 Å². The molecule has 0 aliphatic rings.